The predicted molar refractivity (Wildman–Crippen MR) is 70.1 cm³/mol. The van der Waals surface area contributed by atoms with Gasteiger partial charge in [-0.3, -0.25) is 0 Å². The topological polar surface area (TPSA) is 48.7 Å². The van der Waals surface area contributed by atoms with Crippen LogP contribution < -0.4 is 5.32 Å². The number of benzene rings is 1. The summed E-state index contributed by atoms with van der Waals surface area (Å²) in [5.74, 6) is -0.274. The average molecular weight is 261 g/mol. The molecule has 18 heavy (non-hydrogen) atoms. The molecular weight excluding hydrogens is 249 g/mol. The highest BCUT2D eigenvalue weighted by molar-refractivity contribution is 7.09. The zero-order chi connectivity index (χ0) is 13.0. The van der Waals surface area contributed by atoms with Crippen molar-refractivity contribution in [1.82, 2.24) is 4.98 Å². The first-order chi connectivity index (χ1) is 8.72. The van der Waals surface area contributed by atoms with Crippen molar-refractivity contribution in [1.29, 1.82) is 5.26 Å². The third kappa shape index (κ3) is 2.66. The van der Waals surface area contributed by atoms with Crippen molar-refractivity contribution in [2.75, 3.05) is 11.9 Å². The van der Waals surface area contributed by atoms with Gasteiger partial charge in [-0.25, -0.2) is 9.37 Å². The van der Waals surface area contributed by atoms with E-state index in [9.17, 15) is 4.39 Å². The van der Waals surface area contributed by atoms with Crippen molar-refractivity contribution in [3.8, 4) is 6.07 Å². The van der Waals surface area contributed by atoms with E-state index >= 15 is 0 Å². The lowest BCUT2D eigenvalue weighted by Crippen LogP contribution is -2.11. The number of halogens is 1. The lowest BCUT2D eigenvalue weighted by molar-refractivity contribution is 0.624. The van der Waals surface area contributed by atoms with E-state index in [1.807, 2.05) is 18.4 Å². The fourth-order valence-corrected chi connectivity index (χ4v) is 2.31. The van der Waals surface area contributed by atoms with Gasteiger partial charge in [0.25, 0.3) is 0 Å². The van der Waals surface area contributed by atoms with Crippen molar-refractivity contribution in [2.45, 2.75) is 12.8 Å². The number of hydrogen-bond acceptors (Lipinski definition) is 4. The van der Waals surface area contributed by atoms with Crippen molar-refractivity contribution in [3.05, 3.63) is 46.2 Å². The Morgan fingerprint density at radius 3 is 3.06 bits per heavy atom. The Balaban J connectivity index is 2.07. The van der Waals surface area contributed by atoms with E-state index in [2.05, 4.69) is 10.3 Å². The summed E-state index contributed by atoms with van der Waals surface area (Å²) in [6.07, 6.45) is 1.76. The second kappa shape index (κ2) is 5.61. The quantitative estimate of drug-likeness (QED) is 0.918. The van der Waals surface area contributed by atoms with Crippen molar-refractivity contribution >= 4 is 17.0 Å². The Kier molecular flexibility index (Phi) is 3.90. The molecule has 1 heterocycles. The van der Waals surface area contributed by atoms with Crippen LogP contribution in [0.2, 0.25) is 0 Å². The molecule has 1 unspecified atom stereocenters. The van der Waals surface area contributed by atoms with Gasteiger partial charge in [0.1, 0.15) is 17.4 Å². The van der Waals surface area contributed by atoms with E-state index in [1.54, 1.807) is 29.7 Å². The molecule has 92 valence electrons. The van der Waals surface area contributed by atoms with Crippen molar-refractivity contribution in [3.63, 3.8) is 0 Å². The minimum Gasteiger partial charge on any atom is -0.383 e. The number of nitriles is 1. The van der Waals surface area contributed by atoms with Crippen LogP contribution in [0, 0.1) is 17.1 Å². The highest BCUT2D eigenvalue weighted by atomic mass is 32.1. The fraction of sp³-hybridized carbons (Fsp3) is 0.231. The molecule has 0 fully saturated rings. The first kappa shape index (κ1) is 12.5. The molecule has 0 spiro atoms. The van der Waals surface area contributed by atoms with Gasteiger partial charge in [0.05, 0.1) is 10.7 Å². The molecular formula is C13H12FN3S. The highest BCUT2D eigenvalue weighted by Crippen LogP contribution is 2.21. The summed E-state index contributed by atoms with van der Waals surface area (Å²) < 4.78 is 13.4. The maximum atomic E-state index is 13.4. The normalized spacial score (nSPS) is 11.8. The Bertz CT molecular complexity index is 560. The molecule has 3 nitrogen and oxygen atoms in total. The molecule has 0 saturated heterocycles. The molecule has 0 aliphatic heterocycles. The van der Waals surface area contributed by atoms with Crippen LogP contribution in [0.25, 0.3) is 0 Å². The SMILES string of the molecule is CC(CNc1cccc(F)c1C#N)c1nccs1. The number of aromatic nitrogens is 1. The van der Waals surface area contributed by atoms with Gasteiger partial charge in [-0.2, -0.15) is 5.26 Å². The first-order valence-electron chi connectivity index (χ1n) is 5.54. The van der Waals surface area contributed by atoms with Gasteiger partial charge in [0, 0.05) is 24.0 Å². The molecule has 1 aromatic carbocycles. The van der Waals surface area contributed by atoms with Crippen LogP contribution >= 0.6 is 11.3 Å². The van der Waals surface area contributed by atoms with Gasteiger partial charge < -0.3 is 5.32 Å². The summed E-state index contributed by atoms with van der Waals surface area (Å²) in [5, 5.41) is 15.0. The van der Waals surface area contributed by atoms with Gasteiger partial charge >= 0.3 is 0 Å². The van der Waals surface area contributed by atoms with Crippen LogP contribution in [0.5, 0.6) is 0 Å². The van der Waals surface area contributed by atoms with E-state index in [4.69, 9.17) is 5.26 Å². The second-order valence-electron chi connectivity index (χ2n) is 3.93. The first-order valence-corrected chi connectivity index (χ1v) is 6.42. The molecule has 2 aromatic rings. The third-order valence-corrected chi connectivity index (χ3v) is 3.60. The minimum absolute atomic E-state index is 0.0591. The van der Waals surface area contributed by atoms with E-state index < -0.39 is 5.82 Å². The van der Waals surface area contributed by atoms with E-state index in [0.29, 0.717) is 12.2 Å². The fourth-order valence-electron chi connectivity index (χ4n) is 1.61. The number of nitrogens with zero attached hydrogens (tertiary/aromatic N) is 2. The largest absolute Gasteiger partial charge is 0.383 e. The van der Waals surface area contributed by atoms with Crippen LogP contribution in [0.4, 0.5) is 10.1 Å². The number of thiazole rings is 1. The zero-order valence-electron chi connectivity index (χ0n) is 9.85. The Morgan fingerprint density at radius 2 is 2.39 bits per heavy atom. The summed E-state index contributed by atoms with van der Waals surface area (Å²) in [6.45, 7) is 2.66. The minimum atomic E-state index is -0.496. The molecule has 0 saturated carbocycles. The van der Waals surface area contributed by atoms with Gasteiger partial charge in [0.2, 0.25) is 0 Å². The Hall–Kier alpha value is -1.93. The predicted octanol–water partition coefficient (Wildman–Crippen LogP) is 3.37. The van der Waals surface area contributed by atoms with Crippen LogP contribution in [-0.2, 0) is 0 Å². The summed E-state index contributed by atoms with van der Waals surface area (Å²) in [5.41, 5.74) is 0.588. The number of rotatable bonds is 4. The third-order valence-electron chi connectivity index (χ3n) is 2.60. The molecule has 1 N–H and O–H groups in total. The molecule has 0 radical (unpaired) electrons. The van der Waals surface area contributed by atoms with E-state index in [0.717, 1.165) is 5.01 Å². The van der Waals surface area contributed by atoms with Gasteiger partial charge in [-0.1, -0.05) is 13.0 Å². The molecule has 2 rings (SSSR count). The molecule has 1 aromatic heterocycles. The molecule has 0 amide bonds. The average Bonchev–Trinajstić information content (AvgIpc) is 2.90. The monoisotopic (exact) mass is 261 g/mol. The molecule has 0 aliphatic rings. The standard InChI is InChI=1S/C13H12FN3S/c1-9(13-16-5-6-18-13)8-17-12-4-2-3-11(14)10(12)7-15/h2-6,9,17H,8H2,1H3. The van der Waals surface area contributed by atoms with Crippen LogP contribution in [-0.4, -0.2) is 11.5 Å². The summed E-state index contributed by atoms with van der Waals surface area (Å²) in [4.78, 5) is 4.23. The smallest absolute Gasteiger partial charge is 0.143 e. The number of anilines is 1. The van der Waals surface area contributed by atoms with Gasteiger partial charge in [0.15, 0.2) is 0 Å². The molecule has 5 heteroatoms. The summed E-state index contributed by atoms with van der Waals surface area (Å²) >= 11 is 1.59. The molecule has 0 aliphatic carbocycles. The van der Waals surface area contributed by atoms with Crippen LogP contribution in [0.3, 0.4) is 0 Å². The van der Waals surface area contributed by atoms with Crippen molar-refractivity contribution < 1.29 is 4.39 Å². The van der Waals surface area contributed by atoms with Gasteiger partial charge in [-0.05, 0) is 12.1 Å². The maximum absolute atomic E-state index is 13.4. The van der Waals surface area contributed by atoms with E-state index in [1.165, 1.54) is 6.07 Å². The summed E-state index contributed by atoms with van der Waals surface area (Å²) in [7, 11) is 0. The molecule has 1 atom stereocenters. The lowest BCUT2D eigenvalue weighted by atomic mass is 10.1. The lowest BCUT2D eigenvalue weighted by Gasteiger charge is -2.12. The van der Waals surface area contributed by atoms with Crippen molar-refractivity contribution in [2.24, 2.45) is 0 Å². The van der Waals surface area contributed by atoms with Crippen LogP contribution in [0.1, 0.15) is 23.4 Å². The Morgan fingerprint density at radius 1 is 1.56 bits per heavy atom. The number of hydrogen-bond donors (Lipinski definition) is 1. The zero-order valence-corrected chi connectivity index (χ0v) is 10.7. The highest BCUT2D eigenvalue weighted by Gasteiger charge is 2.11. The Labute approximate surface area is 109 Å². The number of nitrogens with one attached hydrogen (secondary N) is 1. The molecule has 0 bridgehead atoms. The maximum Gasteiger partial charge on any atom is 0.143 e. The summed E-state index contributed by atoms with van der Waals surface area (Å²) in [6, 6.07) is 6.45. The van der Waals surface area contributed by atoms with E-state index in [-0.39, 0.29) is 11.5 Å². The second-order valence-corrected chi connectivity index (χ2v) is 4.85. The van der Waals surface area contributed by atoms with Crippen LogP contribution in [0.15, 0.2) is 29.8 Å². The van der Waals surface area contributed by atoms with Gasteiger partial charge in [-0.15, -0.1) is 11.3 Å².